The molecule has 0 aromatic carbocycles. The van der Waals surface area contributed by atoms with E-state index in [4.69, 9.17) is 9.52 Å². The summed E-state index contributed by atoms with van der Waals surface area (Å²) in [7, 11) is 0. The first-order chi connectivity index (χ1) is 8.49. The van der Waals surface area contributed by atoms with Crippen molar-refractivity contribution in [1.29, 1.82) is 0 Å². The van der Waals surface area contributed by atoms with Crippen LogP contribution < -0.4 is 5.32 Å². The molecule has 0 spiro atoms. The number of hydrogen-bond acceptors (Lipinski definition) is 5. The van der Waals surface area contributed by atoms with E-state index in [1.807, 2.05) is 0 Å². The van der Waals surface area contributed by atoms with Crippen LogP contribution in [0.3, 0.4) is 0 Å². The molecule has 18 heavy (non-hydrogen) atoms. The number of amides is 1. The minimum Gasteiger partial charge on any atom is -0.478 e. The molecule has 1 aliphatic rings. The molecule has 1 amide bonds. The molecule has 1 aliphatic carbocycles. The molecule has 0 atom stereocenters. The lowest BCUT2D eigenvalue weighted by molar-refractivity contribution is -0.133. The van der Waals surface area contributed by atoms with E-state index in [9.17, 15) is 9.59 Å². The van der Waals surface area contributed by atoms with Gasteiger partial charge in [0.2, 0.25) is 5.89 Å². The van der Waals surface area contributed by atoms with Crippen LogP contribution in [-0.4, -0.2) is 27.2 Å². The van der Waals surface area contributed by atoms with Crippen LogP contribution in [0, 0.1) is 0 Å². The van der Waals surface area contributed by atoms with Crippen molar-refractivity contribution in [3.05, 3.63) is 17.0 Å². The number of carboxylic acids is 1. The third-order valence-electron chi connectivity index (χ3n) is 2.81. The molecular formula is C11H13N3O4. The Morgan fingerprint density at radius 2 is 1.94 bits per heavy atom. The second-order valence-corrected chi connectivity index (χ2v) is 4.23. The van der Waals surface area contributed by atoms with Crippen molar-refractivity contribution in [1.82, 2.24) is 10.2 Å². The summed E-state index contributed by atoms with van der Waals surface area (Å²) in [6.45, 7) is 2.79. The first kappa shape index (κ1) is 12.3. The molecule has 0 unspecified atom stereocenters. The zero-order valence-corrected chi connectivity index (χ0v) is 10.1. The molecule has 2 rings (SSSR count). The van der Waals surface area contributed by atoms with Crippen molar-refractivity contribution in [2.24, 2.45) is 0 Å². The summed E-state index contributed by atoms with van der Waals surface area (Å²) in [5.74, 6) is -0.866. The third-order valence-corrected chi connectivity index (χ3v) is 2.81. The normalized spacial score (nSPS) is 16.1. The van der Waals surface area contributed by atoms with Crippen LogP contribution in [-0.2, 0) is 9.59 Å². The molecule has 0 saturated heterocycles. The molecule has 96 valence electrons. The first-order valence-corrected chi connectivity index (χ1v) is 5.54. The maximum Gasteiger partial charge on any atom is 0.331 e. The highest BCUT2D eigenvalue weighted by atomic mass is 16.4. The lowest BCUT2D eigenvalue weighted by atomic mass is 10.1. The van der Waals surface area contributed by atoms with Gasteiger partial charge in [0.25, 0.3) is 5.91 Å². The fourth-order valence-electron chi connectivity index (χ4n) is 1.30. The molecule has 7 heteroatoms. The zero-order chi connectivity index (χ0) is 13.3. The van der Waals surface area contributed by atoms with E-state index in [1.54, 1.807) is 0 Å². The summed E-state index contributed by atoms with van der Waals surface area (Å²) in [5.41, 5.74) is 0.0862. The second-order valence-electron chi connectivity index (χ2n) is 4.23. The summed E-state index contributed by atoms with van der Waals surface area (Å²) < 4.78 is 5.24. The van der Waals surface area contributed by atoms with E-state index in [2.05, 4.69) is 15.5 Å². The lowest BCUT2D eigenvalue weighted by Gasteiger charge is -2.02. The Balaban J connectivity index is 2.06. The smallest absolute Gasteiger partial charge is 0.331 e. The van der Waals surface area contributed by atoms with Crippen molar-refractivity contribution in [3.8, 4) is 0 Å². The van der Waals surface area contributed by atoms with Crippen molar-refractivity contribution in [2.45, 2.75) is 32.6 Å². The first-order valence-electron chi connectivity index (χ1n) is 5.54. The van der Waals surface area contributed by atoms with Crippen LogP contribution >= 0.6 is 0 Å². The molecule has 2 N–H and O–H groups in total. The average molecular weight is 251 g/mol. The molecule has 7 nitrogen and oxygen atoms in total. The summed E-state index contributed by atoms with van der Waals surface area (Å²) in [6, 6.07) is -0.000520. The quantitative estimate of drug-likeness (QED) is 0.781. The molecule has 1 aromatic rings. The predicted molar refractivity (Wildman–Crippen MR) is 60.9 cm³/mol. The van der Waals surface area contributed by atoms with E-state index >= 15 is 0 Å². The summed E-state index contributed by atoms with van der Waals surface area (Å²) in [4.78, 5) is 22.4. The van der Waals surface area contributed by atoms with Gasteiger partial charge in [0, 0.05) is 17.1 Å². The van der Waals surface area contributed by atoms with Crippen LogP contribution in [0.15, 0.2) is 15.6 Å². The fraction of sp³-hybridized carbons (Fsp3) is 0.455. The Bertz CT molecular complexity index is 528. The van der Waals surface area contributed by atoms with Gasteiger partial charge in [-0.15, -0.1) is 5.10 Å². The number of aliphatic carboxylic acids is 1. The number of carbonyl (C=O) groups excluding carboxylic acids is 1. The maximum atomic E-state index is 11.7. The summed E-state index contributed by atoms with van der Waals surface area (Å²) in [6.07, 6.45) is 2.04. The lowest BCUT2D eigenvalue weighted by Crippen LogP contribution is -2.16. The molecule has 0 aliphatic heterocycles. The molecule has 0 radical (unpaired) electrons. The van der Waals surface area contributed by atoms with Gasteiger partial charge in [-0.25, -0.2) is 4.79 Å². The van der Waals surface area contributed by atoms with Gasteiger partial charge in [-0.2, -0.15) is 0 Å². The number of aromatic nitrogens is 2. The van der Waals surface area contributed by atoms with Crippen LogP contribution in [0.4, 0.5) is 6.01 Å². The number of nitrogens with one attached hydrogen (secondary N) is 1. The third kappa shape index (κ3) is 2.55. The van der Waals surface area contributed by atoms with Crippen molar-refractivity contribution >= 4 is 17.9 Å². The topological polar surface area (TPSA) is 105 Å². The average Bonchev–Trinajstić information content (AvgIpc) is 3.08. The fourth-order valence-corrected chi connectivity index (χ4v) is 1.30. The van der Waals surface area contributed by atoms with Gasteiger partial charge in [0.05, 0.1) is 0 Å². The van der Waals surface area contributed by atoms with Crippen LogP contribution in [0.5, 0.6) is 0 Å². The minimum absolute atomic E-state index is 0.000520. The van der Waals surface area contributed by atoms with Gasteiger partial charge in [-0.05, 0) is 26.7 Å². The highest BCUT2D eigenvalue weighted by Gasteiger charge is 2.29. The molecule has 1 fully saturated rings. The maximum absolute atomic E-state index is 11.7. The number of rotatable bonds is 4. The van der Waals surface area contributed by atoms with Gasteiger partial charge < -0.3 is 9.52 Å². The minimum atomic E-state index is -1.13. The van der Waals surface area contributed by atoms with Crippen molar-refractivity contribution in [2.75, 3.05) is 5.32 Å². The Labute approximate surface area is 103 Å². The number of anilines is 1. The zero-order valence-electron chi connectivity index (χ0n) is 10.1. The van der Waals surface area contributed by atoms with Gasteiger partial charge >= 0.3 is 12.0 Å². The Kier molecular flexibility index (Phi) is 3.14. The van der Waals surface area contributed by atoms with E-state index in [-0.39, 0.29) is 17.2 Å². The van der Waals surface area contributed by atoms with Crippen LogP contribution in [0.25, 0.3) is 0 Å². The highest BCUT2D eigenvalue weighted by Crippen LogP contribution is 2.39. The molecule has 1 heterocycles. The van der Waals surface area contributed by atoms with E-state index < -0.39 is 11.9 Å². The van der Waals surface area contributed by atoms with Gasteiger partial charge in [0.1, 0.15) is 0 Å². The Hall–Kier alpha value is -2.18. The molecule has 0 bridgehead atoms. The standard InChI is InChI=1S/C11H13N3O4/c1-5(6(2)10(16)17)8(15)12-11-14-13-9(18-11)7-3-4-7/h7H,3-4H2,1-2H3,(H,16,17)(H,12,14,15). The van der Waals surface area contributed by atoms with Crippen molar-refractivity contribution < 1.29 is 19.1 Å². The van der Waals surface area contributed by atoms with Gasteiger partial charge in [-0.1, -0.05) is 5.10 Å². The predicted octanol–water partition coefficient (Wildman–Crippen LogP) is 1.31. The number of hydrogen-bond donors (Lipinski definition) is 2. The van der Waals surface area contributed by atoms with Gasteiger partial charge in [-0.3, -0.25) is 10.1 Å². The summed E-state index contributed by atoms with van der Waals surface area (Å²) in [5, 5.41) is 18.6. The second kappa shape index (κ2) is 4.59. The number of carboxylic acid groups (broad SMARTS) is 1. The van der Waals surface area contributed by atoms with E-state index in [0.29, 0.717) is 11.8 Å². The number of nitrogens with zero attached hydrogens (tertiary/aromatic N) is 2. The van der Waals surface area contributed by atoms with Gasteiger partial charge in [0.15, 0.2) is 0 Å². The van der Waals surface area contributed by atoms with E-state index in [0.717, 1.165) is 12.8 Å². The van der Waals surface area contributed by atoms with E-state index in [1.165, 1.54) is 13.8 Å². The summed E-state index contributed by atoms with van der Waals surface area (Å²) >= 11 is 0. The number of carbonyl (C=O) groups is 2. The Morgan fingerprint density at radius 1 is 1.28 bits per heavy atom. The molecular weight excluding hydrogens is 238 g/mol. The largest absolute Gasteiger partial charge is 0.478 e. The molecule has 1 aromatic heterocycles. The van der Waals surface area contributed by atoms with Crippen LogP contribution in [0.1, 0.15) is 38.5 Å². The SMILES string of the molecule is CC(C(=O)O)=C(C)C(=O)Nc1nnc(C2CC2)o1. The highest BCUT2D eigenvalue weighted by molar-refractivity contribution is 6.07. The molecule has 1 saturated carbocycles. The van der Waals surface area contributed by atoms with Crippen molar-refractivity contribution in [3.63, 3.8) is 0 Å². The Morgan fingerprint density at radius 3 is 2.50 bits per heavy atom. The van der Waals surface area contributed by atoms with Crippen LogP contribution in [0.2, 0.25) is 0 Å². The monoisotopic (exact) mass is 251 g/mol.